The maximum absolute atomic E-state index is 13.0. The van der Waals surface area contributed by atoms with E-state index in [1.165, 1.54) is 19.1 Å². The molecule has 0 spiro atoms. The Morgan fingerprint density at radius 3 is 2.12 bits per heavy atom. The summed E-state index contributed by atoms with van der Waals surface area (Å²) < 4.78 is 18.2. The van der Waals surface area contributed by atoms with Gasteiger partial charge in [0.25, 0.3) is 5.91 Å². The van der Waals surface area contributed by atoms with Crippen molar-refractivity contribution in [1.29, 1.82) is 0 Å². The predicted molar refractivity (Wildman–Crippen MR) is 98.6 cm³/mol. The summed E-state index contributed by atoms with van der Waals surface area (Å²) in [6.07, 6.45) is -0.945. The zero-order valence-corrected chi connectivity index (χ0v) is 15.3. The molecule has 0 aromatic heterocycles. The Bertz CT molecular complexity index is 758. The third-order valence-corrected chi connectivity index (χ3v) is 4.00. The Morgan fingerprint density at radius 1 is 1.00 bits per heavy atom. The summed E-state index contributed by atoms with van der Waals surface area (Å²) in [6.45, 7) is 3.29. The molecule has 2 aromatic carbocycles. The largest absolute Gasteiger partial charge is 0.449 e. The van der Waals surface area contributed by atoms with Gasteiger partial charge in [0.2, 0.25) is 0 Å². The van der Waals surface area contributed by atoms with Crippen LogP contribution in [0, 0.1) is 5.82 Å². The molecular weight excluding hydrogens is 335 g/mol. The van der Waals surface area contributed by atoms with E-state index in [0.29, 0.717) is 5.56 Å². The summed E-state index contributed by atoms with van der Waals surface area (Å²) in [5, 5.41) is 2.75. The maximum Gasteiger partial charge on any atom is 0.338 e. The number of nitrogens with one attached hydrogen (secondary N) is 1. The monoisotopic (exact) mass is 358 g/mol. The lowest BCUT2D eigenvalue weighted by atomic mass is 10.1. The molecule has 0 unspecified atom stereocenters. The van der Waals surface area contributed by atoms with E-state index in [9.17, 15) is 14.0 Å². The molecule has 1 amide bonds. The second-order valence-corrected chi connectivity index (χ2v) is 6.27. The SMILES string of the molecule is C[C@H](OC(=O)c1ccc(N(C)C)cc1)C(=O)N[C@@H](C)c1ccc(F)cc1. The number of hydrogen-bond donors (Lipinski definition) is 1. The Labute approximate surface area is 152 Å². The van der Waals surface area contributed by atoms with Crippen molar-refractivity contribution < 1.29 is 18.7 Å². The summed E-state index contributed by atoms with van der Waals surface area (Å²) in [5.74, 6) is -1.32. The van der Waals surface area contributed by atoms with Gasteiger partial charge in [0.1, 0.15) is 5.82 Å². The van der Waals surface area contributed by atoms with E-state index in [1.807, 2.05) is 19.0 Å². The molecule has 0 aliphatic heterocycles. The van der Waals surface area contributed by atoms with Crippen LogP contribution in [0.15, 0.2) is 48.5 Å². The van der Waals surface area contributed by atoms with Gasteiger partial charge in [0.05, 0.1) is 11.6 Å². The first-order valence-electron chi connectivity index (χ1n) is 8.32. The normalized spacial score (nSPS) is 12.8. The molecule has 26 heavy (non-hydrogen) atoms. The van der Waals surface area contributed by atoms with Crippen molar-refractivity contribution in [2.45, 2.75) is 26.0 Å². The van der Waals surface area contributed by atoms with Gasteiger partial charge in [-0.15, -0.1) is 0 Å². The van der Waals surface area contributed by atoms with Gasteiger partial charge in [-0.2, -0.15) is 0 Å². The minimum absolute atomic E-state index is 0.330. The van der Waals surface area contributed by atoms with E-state index < -0.39 is 18.0 Å². The summed E-state index contributed by atoms with van der Waals surface area (Å²) in [6, 6.07) is 12.5. The highest BCUT2D eigenvalue weighted by Gasteiger charge is 2.21. The van der Waals surface area contributed by atoms with Gasteiger partial charge in [-0.25, -0.2) is 9.18 Å². The minimum Gasteiger partial charge on any atom is -0.449 e. The van der Waals surface area contributed by atoms with Crippen LogP contribution in [0.5, 0.6) is 0 Å². The number of rotatable bonds is 6. The smallest absolute Gasteiger partial charge is 0.338 e. The van der Waals surface area contributed by atoms with Crippen molar-refractivity contribution in [1.82, 2.24) is 5.32 Å². The van der Waals surface area contributed by atoms with Gasteiger partial charge in [0, 0.05) is 19.8 Å². The second-order valence-electron chi connectivity index (χ2n) is 6.27. The molecule has 0 heterocycles. The Morgan fingerprint density at radius 2 is 1.58 bits per heavy atom. The highest BCUT2D eigenvalue weighted by atomic mass is 19.1. The molecular formula is C20H23FN2O3. The molecule has 2 atom stereocenters. The number of carbonyl (C=O) groups excluding carboxylic acids is 2. The van der Waals surface area contributed by atoms with Gasteiger partial charge in [-0.3, -0.25) is 4.79 Å². The number of carbonyl (C=O) groups is 2. The average molecular weight is 358 g/mol. The lowest BCUT2D eigenvalue weighted by Gasteiger charge is -2.18. The lowest BCUT2D eigenvalue weighted by molar-refractivity contribution is -0.129. The topological polar surface area (TPSA) is 58.6 Å². The van der Waals surface area contributed by atoms with Crippen molar-refractivity contribution in [3.63, 3.8) is 0 Å². The van der Waals surface area contributed by atoms with E-state index >= 15 is 0 Å². The summed E-state index contributed by atoms with van der Waals surface area (Å²) in [5.41, 5.74) is 2.10. The fourth-order valence-corrected chi connectivity index (χ4v) is 2.34. The van der Waals surface area contributed by atoms with Gasteiger partial charge in [0.15, 0.2) is 6.10 Å². The van der Waals surface area contributed by atoms with Crippen LogP contribution < -0.4 is 10.2 Å². The predicted octanol–water partition coefficient (Wildman–Crippen LogP) is 3.31. The van der Waals surface area contributed by atoms with Gasteiger partial charge >= 0.3 is 5.97 Å². The van der Waals surface area contributed by atoms with Crippen LogP contribution in [0.3, 0.4) is 0 Å². The van der Waals surface area contributed by atoms with Gasteiger partial charge < -0.3 is 15.0 Å². The van der Waals surface area contributed by atoms with Gasteiger partial charge in [-0.1, -0.05) is 12.1 Å². The van der Waals surface area contributed by atoms with Crippen LogP contribution in [-0.2, 0) is 9.53 Å². The maximum atomic E-state index is 13.0. The van der Waals surface area contributed by atoms with Crippen molar-refractivity contribution in [2.75, 3.05) is 19.0 Å². The molecule has 0 saturated heterocycles. The van der Waals surface area contributed by atoms with Crippen molar-refractivity contribution in [2.24, 2.45) is 0 Å². The van der Waals surface area contributed by atoms with E-state index in [1.54, 1.807) is 43.3 Å². The highest BCUT2D eigenvalue weighted by Crippen LogP contribution is 2.15. The fraction of sp³-hybridized carbons (Fsp3) is 0.300. The molecule has 138 valence electrons. The Balaban J connectivity index is 1.93. The molecule has 1 N–H and O–H groups in total. The number of nitrogens with zero attached hydrogens (tertiary/aromatic N) is 1. The zero-order valence-electron chi connectivity index (χ0n) is 15.3. The first-order chi connectivity index (χ1) is 12.3. The van der Waals surface area contributed by atoms with E-state index in [2.05, 4.69) is 5.32 Å². The quantitative estimate of drug-likeness (QED) is 0.805. The number of amides is 1. The number of halogens is 1. The standard InChI is InChI=1S/C20H23FN2O3/c1-13(15-5-9-17(21)10-6-15)22-19(24)14(2)26-20(25)16-7-11-18(12-8-16)23(3)4/h5-14H,1-4H3,(H,22,24)/t13-,14-/m0/s1. The van der Waals surface area contributed by atoms with Crippen molar-refractivity contribution >= 4 is 17.6 Å². The highest BCUT2D eigenvalue weighted by molar-refractivity contribution is 5.92. The molecule has 0 radical (unpaired) electrons. The summed E-state index contributed by atoms with van der Waals surface area (Å²) in [4.78, 5) is 26.3. The van der Waals surface area contributed by atoms with Crippen molar-refractivity contribution in [3.8, 4) is 0 Å². The third-order valence-electron chi connectivity index (χ3n) is 4.00. The summed E-state index contributed by atoms with van der Waals surface area (Å²) in [7, 11) is 3.81. The number of esters is 1. The van der Waals surface area contributed by atoms with E-state index in [-0.39, 0.29) is 11.9 Å². The first kappa shape index (κ1) is 19.4. The number of hydrogen-bond acceptors (Lipinski definition) is 4. The second kappa shape index (κ2) is 8.47. The molecule has 0 fully saturated rings. The van der Waals surface area contributed by atoms with E-state index in [4.69, 9.17) is 4.74 Å². The lowest BCUT2D eigenvalue weighted by Crippen LogP contribution is -2.37. The van der Waals surface area contributed by atoms with Crippen molar-refractivity contribution in [3.05, 3.63) is 65.5 Å². The molecule has 6 heteroatoms. The molecule has 0 aliphatic carbocycles. The molecule has 0 saturated carbocycles. The van der Waals surface area contributed by atoms with Crippen LogP contribution in [0.25, 0.3) is 0 Å². The van der Waals surface area contributed by atoms with Crippen LogP contribution in [-0.4, -0.2) is 32.1 Å². The van der Waals surface area contributed by atoms with Crippen LogP contribution in [0.2, 0.25) is 0 Å². The fourth-order valence-electron chi connectivity index (χ4n) is 2.34. The molecule has 5 nitrogen and oxygen atoms in total. The molecule has 2 rings (SSSR count). The Kier molecular flexibility index (Phi) is 6.33. The number of anilines is 1. The molecule has 0 aliphatic rings. The molecule has 2 aromatic rings. The third kappa shape index (κ3) is 5.05. The zero-order chi connectivity index (χ0) is 19.3. The van der Waals surface area contributed by atoms with E-state index in [0.717, 1.165) is 11.3 Å². The minimum atomic E-state index is -0.945. The Hall–Kier alpha value is -2.89. The average Bonchev–Trinajstić information content (AvgIpc) is 2.62. The number of ether oxygens (including phenoxy) is 1. The van der Waals surface area contributed by atoms with Crippen LogP contribution in [0.4, 0.5) is 10.1 Å². The summed E-state index contributed by atoms with van der Waals surface area (Å²) >= 11 is 0. The number of benzene rings is 2. The van der Waals surface area contributed by atoms with Crippen LogP contribution >= 0.6 is 0 Å². The van der Waals surface area contributed by atoms with Gasteiger partial charge in [-0.05, 0) is 55.8 Å². The molecule has 0 bridgehead atoms. The van der Waals surface area contributed by atoms with Crippen LogP contribution in [0.1, 0.15) is 35.8 Å². The first-order valence-corrected chi connectivity index (χ1v) is 8.32.